The maximum Gasteiger partial charge on any atom is 0.180 e. The molecule has 0 amide bonds. The van der Waals surface area contributed by atoms with Crippen molar-refractivity contribution in [3.05, 3.63) is 10.6 Å². The van der Waals surface area contributed by atoms with Crippen LogP contribution in [0, 0.1) is 0 Å². The predicted octanol–water partition coefficient (Wildman–Crippen LogP) is 1.74. The molecule has 74 valence electrons. The fraction of sp³-hybridized carbons (Fsp3) is 0.667. The van der Waals surface area contributed by atoms with Crippen molar-refractivity contribution in [2.75, 3.05) is 19.3 Å². The number of aromatic nitrogens is 1. The fourth-order valence-electron chi connectivity index (χ4n) is 1.34. The zero-order chi connectivity index (χ0) is 9.84. The Morgan fingerprint density at radius 2 is 2.15 bits per heavy atom. The van der Waals surface area contributed by atoms with E-state index in [0.29, 0.717) is 5.13 Å². The minimum Gasteiger partial charge on any atom is -0.375 e. The van der Waals surface area contributed by atoms with E-state index < -0.39 is 0 Å². The molecule has 1 aromatic rings. The van der Waals surface area contributed by atoms with E-state index in [4.69, 9.17) is 5.73 Å². The number of nitrogen functional groups attached to an aromatic ring is 1. The van der Waals surface area contributed by atoms with Crippen molar-refractivity contribution < 1.29 is 0 Å². The van der Waals surface area contributed by atoms with Crippen LogP contribution in [-0.2, 0) is 13.0 Å². The van der Waals surface area contributed by atoms with E-state index in [1.807, 2.05) is 13.8 Å². The monoisotopic (exact) mass is 199 g/mol. The maximum absolute atomic E-state index is 5.59. The van der Waals surface area contributed by atoms with Crippen LogP contribution in [-0.4, -0.2) is 23.5 Å². The zero-order valence-corrected chi connectivity index (χ0v) is 9.32. The van der Waals surface area contributed by atoms with Gasteiger partial charge in [0, 0.05) is 24.4 Å². The molecule has 0 atom stereocenters. The number of rotatable bonds is 0. The lowest BCUT2D eigenvalue weighted by Gasteiger charge is -2.20. The molecule has 0 bridgehead atoms. The largest absolute Gasteiger partial charge is 0.375 e. The van der Waals surface area contributed by atoms with Crippen molar-refractivity contribution in [2.24, 2.45) is 0 Å². The smallest absolute Gasteiger partial charge is 0.180 e. The van der Waals surface area contributed by atoms with E-state index in [-0.39, 0.29) is 0 Å². The van der Waals surface area contributed by atoms with Gasteiger partial charge in [0.1, 0.15) is 0 Å². The van der Waals surface area contributed by atoms with Crippen LogP contribution < -0.4 is 5.73 Å². The summed E-state index contributed by atoms with van der Waals surface area (Å²) < 4.78 is 0. The van der Waals surface area contributed by atoms with Gasteiger partial charge in [0.05, 0.1) is 5.69 Å². The van der Waals surface area contributed by atoms with Gasteiger partial charge in [0.15, 0.2) is 5.13 Å². The van der Waals surface area contributed by atoms with Gasteiger partial charge < -0.3 is 10.6 Å². The predicted molar refractivity (Wildman–Crippen MR) is 57.9 cm³/mol. The highest BCUT2D eigenvalue weighted by atomic mass is 32.1. The number of nitrogens with zero attached hydrogens (tertiary/aromatic N) is 2. The average Bonchev–Trinajstić information content (AvgIpc) is 2.48. The second kappa shape index (κ2) is 4.58. The maximum atomic E-state index is 5.59. The van der Waals surface area contributed by atoms with Gasteiger partial charge in [-0.25, -0.2) is 4.98 Å². The number of thiazole rings is 1. The molecule has 0 aromatic carbocycles. The van der Waals surface area contributed by atoms with Crippen molar-refractivity contribution >= 4 is 16.5 Å². The van der Waals surface area contributed by atoms with Crippen LogP contribution in [0.3, 0.4) is 0 Å². The second-order valence-electron chi connectivity index (χ2n) is 2.91. The van der Waals surface area contributed by atoms with Crippen LogP contribution in [0.1, 0.15) is 24.4 Å². The molecule has 13 heavy (non-hydrogen) atoms. The van der Waals surface area contributed by atoms with E-state index >= 15 is 0 Å². The topological polar surface area (TPSA) is 42.2 Å². The molecule has 0 fully saturated rings. The van der Waals surface area contributed by atoms with Gasteiger partial charge in [-0.3, -0.25) is 0 Å². The SMILES string of the molecule is CC.CN1CCc2nc(N)sc2C1. The highest BCUT2D eigenvalue weighted by Gasteiger charge is 2.16. The van der Waals surface area contributed by atoms with E-state index in [0.717, 1.165) is 19.5 Å². The molecule has 1 aliphatic rings. The summed E-state index contributed by atoms with van der Waals surface area (Å²) >= 11 is 1.62. The minimum atomic E-state index is 0.713. The summed E-state index contributed by atoms with van der Waals surface area (Å²) in [5.41, 5.74) is 6.81. The summed E-state index contributed by atoms with van der Waals surface area (Å²) in [6.45, 7) is 6.13. The Morgan fingerprint density at radius 1 is 1.46 bits per heavy atom. The van der Waals surface area contributed by atoms with Crippen LogP contribution in [0.25, 0.3) is 0 Å². The number of fused-ring (bicyclic) bond motifs is 1. The minimum absolute atomic E-state index is 0.713. The van der Waals surface area contributed by atoms with E-state index in [1.54, 1.807) is 11.3 Å². The molecule has 1 aromatic heterocycles. The first-order valence-electron chi connectivity index (χ1n) is 4.68. The highest BCUT2D eigenvalue weighted by Crippen LogP contribution is 2.25. The van der Waals surface area contributed by atoms with Crippen LogP contribution in [0.15, 0.2) is 0 Å². The van der Waals surface area contributed by atoms with Crippen molar-refractivity contribution in [2.45, 2.75) is 26.8 Å². The highest BCUT2D eigenvalue weighted by molar-refractivity contribution is 7.15. The van der Waals surface area contributed by atoms with Crippen molar-refractivity contribution in [3.63, 3.8) is 0 Å². The lowest BCUT2D eigenvalue weighted by atomic mass is 10.2. The Labute approximate surface area is 83.6 Å². The van der Waals surface area contributed by atoms with Crippen molar-refractivity contribution in [3.8, 4) is 0 Å². The molecule has 1 aliphatic heterocycles. The lowest BCUT2D eigenvalue weighted by molar-refractivity contribution is 0.314. The Morgan fingerprint density at radius 3 is 2.85 bits per heavy atom. The number of likely N-dealkylation sites (N-methyl/N-ethyl adjacent to an activating group) is 1. The van der Waals surface area contributed by atoms with Crippen LogP contribution in [0.5, 0.6) is 0 Å². The van der Waals surface area contributed by atoms with Crippen LogP contribution >= 0.6 is 11.3 Å². The van der Waals surface area contributed by atoms with Crippen molar-refractivity contribution in [1.29, 1.82) is 0 Å². The number of anilines is 1. The molecule has 0 spiro atoms. The van der Waals surface area contributed by atoms with E-state index in [1.165, 1.54) is 10.6 Å². The normalized spacial score (nSPS) is 15.9. The molecule has 0 unspecified atom stereocenters. The lowest BCUT2D eigenvalue weighted by Crippen LogP contribution is -2.25. The second-order valence-corrected chi connectivity index (χ2v) is 4.02. The Bertz CT molecular complexity index is 270. The molecule has 0 saturated heterocycles. The molecular formula is C9H17N3S. The zero-order valence-electron chi connectivity index (χ0n) is 8.50. The quantitative estimate of drug-likeness (QED) is 0.692. The molecular weight excluding hydrogens is 182 g/mol. The average molecular weight is 199 g/mol. The molecule has 2 rings (SSSR count). The first-order chi connectivity index (χ1) is 6.25. The Kier molecular flexibility index (Phi) is 3.69. The van der Waals surface area contributed by atoms with Gasteiger partial charge in [0.25, 0.3) is 0 Å². The van der Waals surface area contributed by atoms with Crippen LogP contribution in [0.4, 0.5) is 5.13 Å². The summed E-state index contributed by atoms with van der Waals surface area (Å²) in [6, 6.07) is 0. The summed E-state index contributed by atoms with van der Waals surface area (Å²) in [4.78, 5) is 7.89. The number of hydrogen-bond donors (Lipinski definition) is 1. The van der Waals surface area contributed by atoms with Gasteiger partial charge in [-0.05, 0) is 7.05 Å². The van der Waals surface area contributed by atoms with E-state index in [2.05, 4.69) is 16.9 Å². The summed E-state index contributed by atoms with van der Waals surface area (Å²) in [5, 5.41) is 0.713. The first-order valence-corrected chi connectivity index (χ1v) is 5.50. The first kappa shape index (κ1) is 10.5. The molecule has 0 radical (unpaired) electrons. The summed E-state index contributed by atoms with van der Waals surface area (Å²) in [7, 11) is 2.12. The third-order valence-electron chi connectivity index (χ3n) is 1.94. The molecule has 0 saturated carbocycles. The third-order valence-corrected chi connectivity index (χ3v) is 2.85. The molecule has 2 N–H and O–H groups in total. The standard InChI is InChI=1S/C7H11N3S.C2H6/c1-10-3-2-5-6(4-10)11-7(8)9-5;1-2/h2-4H2,1H3,(H2,8,9);1-2H3. The van der Waals surface area contributed by atoms with Gasteiger partial charge >= 0.3 is 0 Å². The van der Waals surface area contributed by atoms with Gasteiger partial charge in [-0.1, -0.05) is 13.8 Å². The molecule has 2 heterocycles. The molecule has 3 nitrogen and oxygen atoms in total. The number of nitrogens with two attached hydrogens (primary N) is 1. The Balaban J connectivity index is 0.000000396. The van der Waals surface area contributed by atoms with Crippen LogP contribution in [0.2, 0.25) is 0 Å². The number of hydrogen-bond acceptors (Lipinski definition) is 4. The van der Waals surface area contributed by atoms with Gasteiger partial charge in [0.2, 0.25) is 0 Å². The molecule has 0 aliphatic carbocycles. The summed E-state index contributed by atoms with van der Waals surface area (Å²) in [6.07, 6.45) is 1.06. The van der Waals surface area contributed by atoms with Crippen molar-refractivity contribution in [1.82, 2.24) is 9.88 Å². The Hall–Kier alpha value is -0.610. The van der Waals surface area contributed by atoms with E-state index in [9.17, 15) is 0 Å². The fourth-order valence-corrected chi connectivity index (χ4v) is 2.30. The van der Waals surface area contributed by atoms with Gasteiger partial charge in [-0.15, -0.1) is 11.3 Å². The van der Waals surface area contributed by atoms with Gasteiger partial charge in [-0.2, -0.15) is 0 Å². The molecule has 4 heteroatoms. The summed E-state index contributed by atoms with van der Waals surface area (Å²) in [5.74, 6) is 0. The third kappa shape index (κ3) is 2.42.